The Morgan fingerprint density at radius 3 is 2.30 bits per heavy atom. The third kappa shape index (κ3) is 4.48. The van der Waals surface area contributed by atoms with Crippen LogP contribution in [0.1, 0.15) is 5.56 Å². The van der Waals surface area contributed by atoms with Crippen molar-refractivity contribution in [3.63, 3.8) is 0 Å². The SMILES string of the molecule is Cc1cccc(OCC(O)COc2ccc(N)cc2)c1. The number of aliphatic hydroxyl groups excluding tert-OH is 1. The number of benzene rings is 2. The Labute approximate surface area is 118 Å². The molecular weight excluding hydrogens is 254 g/mol. The smallest absolute Gasteiger partial charge is 0.122 e. The number of aryl methyl sites for hydroxylation is 1. The van der Waals surface area contributed by atoms with Gasteiger partial charge in [-0.3, -0.25) is 0 Å². The van der Waals surface area contributed by atoms with Crippen molar-refractivity contribution in [3.8, 4) is 11.5 Å². The van der Waals surface area contributed by atoms with E-state index >= 15 is 0 Å². The Morgan fingerprint density at radius 2 is 1.65 bits per heavy atom. The van der Waals surface area contributed by atoms with Crippen molar-refractivity contribution in [2.75, 3.05) is 18.9 Å². The van der Waals surface area contributed by atoms with Crippen LogP contribution in [0.3, 0.4) is 0 Å². The van der Waals surface area contributed by atoms with Crippen LogP contribution in [0.4, 0.5) is 5.69 Å². The molecular formula is C16H19NO3. The first kappa shape index (κ1) is 14.2. The summed E-state index contributed by atoms with van der Waals surface area (Å²) in [5, 5.41) is 9.82. The lowest BCUT2D eigenvalue weighted by Crippen LogP contribution is -2.25. The summed E-state index contributed by atoms with van der Waals surface area (Å²) in [5.74, 6) is 1.42. The third-order valence-electron chi connectivity index (χ3n) is 2.75. The van der Waals surface area contributed by atoms with E-state index in [4.69, 9.17) is 15.2 Å². The summed E-state index contributed by atoms with van der Waals surface area (Å²) in [6, 6.07) is 14.7. The molecule has 20 heavy (non-hydrogen) atoms. The molecule has 2 aromatic carbocycles. The number of rotatable bonds is 6. The molecule has 0 aliphatic carbocycles. The molecule has 0 spiro atoms. The molecule has 0 heterocycles. The summed E-state index contributed by atoms with van der Waals surface area (Å²) in [6.45, 7) is 2.36. The van der Waals surface area contributed by atoms with Gasteiger partial charge in [0.05, 0.1) is 0 Å². The molecule has 0 fully saturated rings. The van der Waals surface area contributed by atoms with Gasteiger partial charge in [0, 0.05) is 5.69 Å². The molecule has 2 rings (SSSR count). The summed E-state index contributed by atoms with van der Waals surface area (Å²) in [5.41, 5.74) is 7.38. The molecule has 0 aromatic heterocycles. The van der Waals surface area contributed by atoms with Gasteiger partial charge in [-0.2, -0.15) is 0 Å². The fourth-order valence-corrected chi connectivity index (χ4v) is 1.70. The Hall–Kier alpha value is -2.20. The fraction of sp³-hybridized carbons (Fsp3) is 0.250. The van der Waals surface area contributed by atoms with E-state index in [1.165, 1.54) is 0 Å². The number of anilines is 1. The predicted octanol–water partition coefficient (Wildman–Crippen LogP) is 2.40. The highest BCUT2D eigenvalue weighted by Crippen LogP contribution is 2.14. The van der Waals surface area contributed by atoms with E-state index in [0.717, 1.165) is 11.3 Å². The maximum absolute atomic E-state index is 9.82. The number of aliphatic hydroxyl groups is 1. The minimum absolute atomic E-state index is 0.176. The molecule has 0 aliphatic rings. The van der Waals surface area contributed by atoms with E-state index in [2.05, 4.69) is 0 Å². The van der Waals surface area contributed by atoms with E-state index in [9.17, 15) is 5.11 Å². The van der Waals surface area contributed by atoms with Crippen LogP contribution in [0.5, 0.6) is 11.5 Å². The van der Waals surface area contributed by atoms with Crippen molar-refractivity contribution in [3.05, 3.63) is 54.1 Å². The average Bonchev–Trinajstić information content (AvgIpc) is 2.45. The molecule has 0 radical (unpaired) electrons. The molecule has 0 saturated heterocycles. The van der Waals surface area contributed by atoms with Crippen LogP contribution >= 0.6 is 0 Å². The molecule has 0 saturated carbocycles. The van der Waals surface area contributed by atoms with Gasteiger partial charge in [0.2, 0.25) is 0 Å². The number of nitrogens with two attached hydrogens (primary N) is 1. The predicted molar refractivity (Wildman–Crippen MR) is 79.0 cm³/mol. The van der Waals surface area contributed by atoms with Crippen molar-refractivity contribution < 1.29 is 14.6 Å². The van der Waals surface area contributed by atoms with E-state index < -0.39 is 6.10 Å². The van der Waals surface area contributed by atoms with Gasteiger partial charge >= 0.3 is 0 Å². The van der Waals surface area contributed by atoms with Gasteiger partial charge in [-0.25, -0.2) is 0 Å². The highest BCUT2D eigenvalue weighted by atomic mass is 16.5. The largest absolute Gasteiger partial charge is 0.491 e. The molecule has 4 nitrogen and oxygen atoms in total. The molecule has 0 bridgehead atoms. The van der Waals surface area contributed by atoms with Crippen molar-refractivity contribution in [1.82, 2.24) is 0 Å². The second-order valence-corrected chi connectivity index (χ2v) is 4.66. The molecule has 2 aromatic rings. The fourth-order valence-electron chi connectivity index (χ4n) is 1.70. The van der Waals surface area contributed by atoms with Crippen LogP contribution in [0, 0.1) is 6.92 Å². The van der Waals surface area contributed by atoms with Gasteiger partial charge in [0.25, 0.3) is 0 Å². The van der Waals surface area contributed by atoms with E-state index in [-0.39, 0.29) is 13.2 Å². The lowest BCUT2D eigenvalue weighted by atomic mass is 10.2. The first-order valence-corrected chi connectivity index (χ1v) is 6.49. The zero-order chi connectivity index (χ0) is 14.4. The molecule has 0 amide bonds. The first-order chi connectivity index (χ1) is 9.63. The maximum Gasteiger partial charge on any atom is 0.122 e. The van der Waals surface area contributed by atoms with Gasteiger partial charge < -0.3 is 20.3 Å². The molecule has 1 unspecified atom stereocenters. The van der Waals surface area contributed by atoms with E-state index in [0.29, 0.717) is 11.4 Å². The lowest BCUT2D eigenvalue weighted by molar-refractivity contribution is 0.0626. The molecule has 0 aliphatic heterocycles. The number of nitrogen functional groups attached to an aromatic ring is 1. The zero-order valence-corrected chi connectivity index (χ0v) is 11.5. The molecule has 3 N–H and O–H groups in total. The van der Waals surface area contributed by atoms with Crippen molar-refractivity contribution in [2.24, 2.45) is 0 Å². The van der Waals surface area contributed by atoms with Crippen molar-refractivity contribution in [2.45, 2.75) is 13.0 Å². The second kappa shape index (κ2) is 6.82. The average molecular weight is 273 g/mol. The van der Waals surface area contributed by atoms with E-state index in [1.54, 1.807) is 24.3 Å². The van der Waals surface area contributed by atoms with Crippen LogP contribution in [-0.4, -0.2) is 24.4 Å². The summed E-state index contributed by atoms with van der Waals surface area (Å²) >= 11 is 0. The summed E-state index contributed by atoms with van der Waals surface area (Å²) < 4.78 is 11.0. The monoisotopic (exact) mass is 273 g/mol. The lowest BCUT2D eigenvalue weighted by Gasteiger charge is -2.14. The Bertz CT molecular complexity index is 540. The van der Waals surface area contributed by atoms with Crippen LogP contribution < -0.4 is 15.2 Å². The minimum atomic E-state index is -0.687. The first-order valence-electron chi connectivity index (χ1n) is 6.49. The van der Waals surface area contributed by atoms with Crippen LogP contribution in [0.25, 0.3) is 0 Å². The number of hydrogen-bond donors (Lipinski definition) is 2. The topological polar surface area (TPSA) is 64.7 Å². The van der Waals surface area contributed by atoms with Crippen molar-refractivity contribution in [1.29, 1.82) is 0 Å². The van der Waals surface area contributed by atoms with Crippen molar-refractivity contribution >= 4 is 5.69 Å². The van der Waals surface area contributed by atoms with Gasteiger partial charge in [-0.15, -0.1) is 0 Å². The van der Waals surface area contributed by atoms with Crippen LogP contribution in [-0.2, 0) is 0 Å². The summed E-state index contributed by atoms with van der Waals surface area (Å²) in [6.07, 6.45) is -0.687. The summed E-state index contributed by atoms with van der Waals surface area (Å²) in [4.78, 5) is 0. The number of ether oxygens (including phenoxy) is 2. The molecule has 106 valence electrons. The maximum atomic E-state index is 9.82. The Kier molecular flexibility index (Phi) is 4.85. The highest BCUT2D eigenvalue weighted by molar-refractivity contribution is 5.41. The molecule has 4 heteroatoms. The van der Waals surface area contributed by atoms with Gasteiger partial charge in [-0.05, 0) is 48.9 Å². The zero-order valence-electron chi connectivity index (χ0n) is 11.5. The summed E-state index contributed by atoms with van der Waals surface area (Å²) in [7, 11) is 0. The quantitative estimate of drug-likeness (QED) is 0.793. The third-order valence-corrected chi connectivity index (χ3v) is 2.75. The van der Waals surface area contributed by atoms with Crippen LogP contribution in [0.15, 0.2) is 48.5 Å². The molecule has 1 atom stereocenters. The second-order valence-electron chi connectivity index (χ2n) is 4.66. The van der Waals surface area contributed by atoms with Gasteiger partial charge in [-0.1, -0.05) is 12.1 Å². The normalized spacial score (nSPS) is 11.9. The van der Waals surface area contributed by atoms with Crippen LogP contribution in [0.2, 0.25) is 0 Å². The Morgan fingerprint density at radius 1 is 1.00 bits per heavy atom. The Balaban J connectivity index is 1.75. The van der Waals surface area contributed by atoms with E-state index in [1.807, 2.05) is 31.2 Å². The number of hydrogen-bond acceptors (Lipinski definition) is 4. The van der Waals surface area contributed by atoms with Gasteiger partial charge in [0.15, 0.2) is 0 Å². The highest BCUT2D eigenvalue weighted by Gasteiger charge is 2.06. The standard InChI is InChI=1S/C16H19NO3/c1-12-3-2-4-16(9-12)20-11-14(18)10-19-15-7-5-13(17)6-8-15/h2-9,14,18H,10-11,17H2,1H3. The minimum Gasteiger partial charge on any atom is -0.491 e. The van der Waals surface area contributed by atoms with Gasteiger partial charge in [0.1, 0.15) is 30.8 Å².